The first-order valence-electron chi connectivity index (χ1n) is 11.2. The van der Waals surface area contributed by atoms with Crippen molar-refractivity contribution in [2.45, 2.75) is 19.9 Å². The van der Waals surface area contributed by atoms with Gasteiger partial charge < -0.3 is 19.3 Å². The van der Waals surface area contributed by atoms with Crippen LogP contribution in [-0.4, -0.2) is 57.7 Å². The molecule has 1 atom stereocenters. The van der Waals surface area contributed by atoms with Crippen molar-refractivity contribution in [3.05, 3.63) is 64.1 Å². The summed E-state index contributed by atoms with van der Waals surface area (Å²) in [6, 6.07) is 7.58. The number of hydrogen-bond acceptors (Lipinski definition) is 10. The molecule has 1 aliphatic heterocycles. The first kappa shape index (κ1) is 24.3. The van der Waals surface area contributed by atoms with E-state index in [-0.39, 0.29) is 16.5 Å². The number of Topliss-reactive ketones (excluding diaryl/α,β-unsaturated/α-hetero) is 1. The maximum atomic E-state index is 13.5. The van der Waals surface area contributed by atoms with Crippen LogP contribution in [0.5, 0.6) is 17.2 Å². The minimum absolute atomic E-state index is 0.124. The molecule has 0 saturated carbocycles. The van der Waals surface area contributed by atoms with Crippen LogP contribution in [0.15, 0.2) is 42.1 Å². The number of methoxy groups -OCH3 is 3. The lowest BCUT2D eigenvalue weighted by Gasteiger charge is -2.24. The summed E-state index contributed by atoms with van der Waals surface area (Å²) in [5.74, 6) is -1.09. The number of imidazole rings is 1. The van der Waals surface area contributed by atoms with Gasteiger partial charge in [0.1, 0.15) is 16.3 Å². The number of hydrogen-bond donors (Lipinski definition) is 1. The highest BCUT2D eigenvalue weighted by atomic mass is 32.1. The van der Waals surface area contributed by atoms with Gasteiger partial charge in [0.15, 0.2) is 17.3 Å². The van der Waals surface area contributed by atoms with Gasteiger partial charge in [-0.1, -0.05) is 17.4 Å². The van der Waals surface area contributed by atoms with Gasteiger partial charge in [-0.05, 0) is 43.7 Å². The van der Waals surface area contributed by atoms with Gasteiger partial charge >= 0.3 is 5.91 Å². The lowest BCUT2D eigenvalue weighted by atomic mass is 9.95. The zero-order chi connectivity index (χ0) is 26.4. The molecule has 1 N–H and O–H groups in total. The topological polar surface area (TPSA) is 128 Å². The van der Waals surface area contributed by atoms with Crippen molar-refractivity contribution < 1.29 is 28.9 Å². The molecule has 1 aliphatic rings. The van der Waals surface area contributed by atoms with Crippen LogP contribution >= 0.6 is 11.3 Å². The Bertz CT molecular complexity index is 1560. The largest absolute Gasteiger partial charge is 0.505 e. The predicted octanol–water partition coefficient (Wildman–Crippen LogP) is 3.45. The molecule has 1 unspecified atom stereocenters. The zero-order valence-corrected chi connectivity index (χ0v) is 21.5. The number of ether oxygens (including phenoxy) is 3. The Morgan fingerprint density at radius 2 is 1.73 bits per heavy atom. The molecule has 1 aromatic carbocycles. The molecule has 3 aromatic heterocycles. The summed E-state index contributed by atoms with van der Waals surface area (Å²) in [5.41, 5.74) is 1.69. The van der Waals surface area contributed by atoms with E-state index in [9.17, 15) is 14.7 Å². The number of rotatable bonds is 6. The molecule has 37 heavy (non-hydrogen) atoms. The molecule has 11 nitrogen and oxygen atoms in total. The van der Waals surface area contributed by atoms with E-state index in [0.717, 1.165) is 11.3 Å². The number of aliphatic hydroxyl groups excluding tert-OH is 1. The molecule has 1 saturated heterocycles. The smallest absolute Gasteiger partial charge is 0.301 e. The van der Waals surface area contributed by atoms with E-state index in [1.54, 1.807) is 48.7 Å². The van der Waals surface area contributed by atoms with E-state index < -0.39 is 17.7 Å². The Balaban J connectivity index is 1.82. The Morgan fingerprint density at radius 1 is 1.03 bits per heavy atom. The molecule has 1 amide bonds. The van der Waals surface area contributed by atoms with Crippen molar-refractivity contribution >= 4 is 39.6 Å². The minimum Gasteiger partial charge on any atom is -0.505 e. The summed E-state index contributed by atoms with van der Waals surface area (Å²) in [5, 5.41) is 20.6. The second-order valence-electron chi connectivity index (χ2n) is 8.21. The Labute approximate surface area is 215 Å². The van der Waals surface area contributed by atoms with E-state index in [1.807, 2.05) is 6.07 Å². The first-order chi connectivity index (χ1) is 17.8. The summed E-state index contributed by atoms with van der Waals surface area (Å²) in [4.78, 5) is 32.7. The standard InChI is InChI=1S/C25H23N5O6S/c1-12-19(29-9-7-6-8-17(29)26-12)21(31)18-20(14-10-15(34-3)23(36-5)16(11-14)35-4)30(24(33)22(18)32)25-28-27-13(2)37-25/h6-11,20,31H,1-5H3/b21-18+. The van der Waals surface area contributed by atoms with Crippen molar-refractivity contribution in [1.29, 1.82) is 0 Å². The highest BCUT2D eigenvalue weighted by Gasteiger charge is 2.49. The van der Waals surface area contributed by atoms with Gasteiger partial charge in [-0.3, -0.25) is 18.9 Å². The van der Waals surface area contributed by atoms with Gasteiger partial charge in [0.2, 0.25) is 10.9 Å². The SMILES string of the molecule is COc1cc(C2/C(=C(\O)c3c(C)nc4ccccn34)C(=O)C(=O)N2c2nnc(C)s2)cc(OC)c1OC. The number of carbonyl (C=O) groups excluding carboxylic acids is 2. The van der Waals surface area contributed by atoms with Crippen LogP contribution in [0, 0.1) is 13.8 Å². The molecule has 4 heterocycles. The fourth-order valence-electron chi connectivity index (χ4n) is 4.51. The van der Waals surface area contributed by atoms with Crippen LogP contribution in [-0.2, 0) is 9.59 Å². The van der Waals surface area contributed by atoms with E-state index in [1.165, 1.54) is 26.2 Å². The molecule has 0 spiro atoms. The highest BCUT2D eigenvalue weighted by Crippen LogP contribution is 2.47. The third-order valence-electron chi connectivity index (χ3n) is 6.10. The van der Waals surface area contributed by atoms with Gasteiger partial charge in [0, 0.05) is 6.20 Å². The second kappa shape index (κ2) is 9.21. The molecule has 5 rings (SSSR count). The molecule has 0 bridgehead atoms. The van der Waals surface area contributed by atoms with Gasteiger partial charge in [-0.2, -0.15) is 0 Å². The van der Waals surface area contributed by atoms with Gasteiger partial charge in [0.05, 0.1) is 38.6 Å². The average molecular weight is 522 g/mol. The number of anilines is 1. The monoisotopic (exact) mass is 521 g/mol. The number of aryl methyl sites for hydroxylation is 2. The summed E-state index contributed by atoms with van der Waals surface area (Å²) < 4.78 is 18.1. The number of amides is 1. The number of aromatic nitrogens is 4. The van der Waals surface area contributed by atoms with Crippen molar-refractivity contribution in [2.24, 2.45) is 0 Å². The first-order valence-corrected chi connectivity index (χ1v) is 12.0. The number of aliphatic hydroxyl groups is 1. The van der Waals surface area contributed by atoms with Gasteiger partial charge in [0.25, 0.3) is 5.78 Å². The lowest BCUT2D eigenvalue weighted by molar-refractivity contribution is -0.132. The molecular formula is C25H23N5O6S. The fraction of sp³-hybridized carbons (Fsp3) is 0.240. The third kappa shape index (κ3) is 3.76. The van der Waals surface area contributed by atoms with Crippen LogP contribution in [0.4, 0.5) is 5.13 Å². The predicted molar refractivity (Wildman–Crippen MR) is 135 cm³/mol. The van der Waals surface area contributed by atoms with Crippen LogP contribution < -0.4 is 19.1 Å². The highest BCUT2D eigenvalue weighted by molar-refractivity contribution is 7.15. The summed E-state index contributed by atoms with van der Waals surface area (Å²) in [6.45, 7) is 3.47. The zero-order valence-electron chi connectivity index (χ0n) is 20.7. The second-order valence-corrected chi connectivity index (χ2v) is 9.37. The van der Waals surface area contributed by atoms with E-state index in [0.29, 0.717) is 44.9 Å². The number of fused-ring (bicyclic) bond motifs is 1. The average Bonchev–Trinajstić information content (AvgIpc) is 3.55. The normalized spacial score (nSPS) is 17.0. The number of ketones is 1. The van der Waals surface area contributed by atoms with Crippen LogP contribution in [0.1, 0.15) is 28.0 Å². The van der Waals surface area contributed by atoms with Crippen molar-refractivity contribution in [1.82, 2.24) is 19.6 Å². The Hall–Kier alpha value is -4.45. The quantitative estimate of drug-likeness (QED) is 0.230. The van der Waals surface area contributed by atoms with Crippen molar-refractivity contribution in [3.63, 3.8) is 0 Å². The Kier molecular flexibility index (Phi) is 6.04. The number of benzene rings is 1. The van der Waals surface area contributed by atoms with Crippen LogP contribution in [0.25, 0.3) is 11.4 Å². The molecule has 190 valence electrons. The molecule has 0 aliphatic carbocycles. The summed E-state index contributed by atoms with van der Waals surface area (Å²) >= 11 is 1.16. The van der Waals surface area contributed by atoms with Crippen LogP contribution in [0.2, 0.25) is 0 Å². The molecule has 1 fully saturated rings. The Morgan fingerprint density at radius 3 is 2.32 bits per heavy atom. The van der Waals surface area contributed by atoms with E-state index in [4.69, 9.17) is 14.2 Å². The molecular weight excluding hydrogens is 498 g/mol. The molecule has 12 heteroatoms. The minimum atomic E-state index is -1.06. The summed E-state index contributed by atoms with van der Waals surface area (Å²) in [6.07, 6.45) is 1.73. The number of carbonyl (C=O) groups is 2. The van der Waals surface area contributed by atoms with Gasteiger partial charge in [-0.15, -0.1) is 10.2 Å². The van der Waals surface area contributed by atoms with Crippen molar-refractivity contribution in [2.75, 3.05) is 26.2 Å². The number of pyridine rings is 1. The maximum absolute atomic E-state index is 13.5. The lowest BCUT2D eigenvalue weighted by Crippen LogP contribution is -2.29. The molecule has 4 aromatic rings. The third-order valence-corrected chi connectivity index (χ3v) is 6.94. The van der Waals surface area contributed by atoms with Gasteiger partial charge in [-0.25, -0.2) is 4.98 Å². The van der Waals surface area contributed by atoms with E-state index >= 15 is 0 Å². The summed E-state index contributed by atoms with van der Waals surface area (Å²) in [7, 11) is 4.41. The molecule has 0 radical (unpaired) electrons. The van der Waals surface area contributed by atoms with Crippen LogP contribution in [0.3, 0.4) is 0 Å². The fourth-order valence-corrected chi connectivity index (χ4v) is 5.23. The number of nitrogens with zero attached hydrogens (tertiary/aromatic N) is 5. The maximum Gasteiger partial charge on any atom is 0.301 e. The van der Waals surface area contributed by atoms with Crippen molar-refractivity contribution in [3.8, 4) is 17.2 Å². The van der Waals surface area contributed by atoms with E-state index in [2.05, 4.69) is 15.2 Å².